The first-order valence-electron chi connectivity index (χ1n) is 10.4. The molecular formula is C22H22N6O2. The summed E-state index contributed by atoms with van der Waals surface area (Å²) in [6.45, 7) is 2.10. The van der Waals surface area contributed by atoms with E-state index in [4.69, 9.17) is 9.72 Å². The Bertz CT molecular complexity index is 1080. The number of hydrogen-bond acceptors (Lipinski definition) is 6. The fraction of sp³-hybridized carbons (Fsp3) is 0.364. The van der Waals surface area contributed by atoms with Gasteiger partial charge in [0.1, 0.15) is 11.6 Å². The standard InChI is InChI=1S/C22H22N6O2/c29-22(18-3-1-8-23-20(18)27-11-2-9-25-27)26-13-15-4-5-16(14-26)28(15)21-17-7-12-30-19(17)6-10-24-21/h1-3,6,8-11,15-16H,4-5,7,12-14H2. The van der Waals surface area contributed by atoms with Gasteiger partial charge in [-0.3, -0.25) is 4.79 Å². The van der Waals surface area contributed by atoms with Crippen LogP contribution < -0.4 is 9.64 Å². The van der Waals surface area contributed by atoms with Gasteiger partial charge in [-0.1, -0.05) is 0 Å². The van der Waals surface area contributed by atoms with Crippen LogP contribution in [0.25, 0.3) is 5.82 Å². The summed E-state index contributed by atoms with van der Waals surface area (Å²) < 4.78 is 7.39. The monoisotopic (exact) mass is 402 g/mol. The van der Waals surface area contributed by atoms with Crippen molar-refractivity contribution in [1.29, 1.82) is 0 Å². The third-order valence-corrected chi connectivity index (χ3v) is 6.35. The summed E-state index contributed by atoms with van der Waals surface area (Å²) in [4.78, 5) is 27.0. The van der Waals surface area contributed by atoms with Crippen LogP contribution in [0.5, 0.6) is 5.75 Å². The van der Waals surface area contributed by atoms with Crippen LogP contribution >= 0.6 is 0 Å². The van der Waals surface area contributed by atoms with Crippen molar-refractivity contribution in [3.63, 3.8) is 0 Å². The number of fused-ring (bicyclic) bond motifs is 3. The van der Waals surface area contributed by atoms with E-state index in [-0.39, 0.29) is 18.0 Å². The molecule has 152 valence electrons. The first kappa shape index (κ1) is 17.4. The van der Waals surface area contributed by atoms with Crippen LogP contribution in [0.3, 0.4) is 0 Å². The molecule has 0 saturated carbocycles. The Kier molecular flexibility index (Phi) is 3.97. The van der Waals surface area contributed by atoms with E-state index >= 15 is 0 Å². The molecule has 2 fully saturated rings. The van der Waals surface area contributed by atoms with Gasteiger partial charge in [0.15, 0.2) is 5.82 Å². The fourth-order valence-electron chi connectivity index (χ4n) is 5.05. The lowest BCUT2D eigenvalue weighted by atomic mass is 10.1. The zero-order valence-corrected chi connectivity index (χ0v) is 16.5. The minimum absolute atomic E-state index is 0.0136. The third-order valence-electron chi connectivity index (χ3n) is 6.35. The number of likely N-dealkylation sites (tertiary alicyclic amines) is 1. The highest BCUT2D eigenvalue weighted by molar-refractivity contribution is 5.97. The zero-order valence-electron chi connectivity index (χ0n) is 16.5. The summed E-state index contributed by atoms with van der Waals surface area (Å²) >= 11 is 0. The molecule has 0 aromatic carbocycles. The van der Waals surface area contributed by atoms with Crippen molar-refractivity contribution in [2.45, 2.75) is 31.3 Å². The third kappa shape index (κ3) is 2.67. The maximum Gasteiger partial charge on any atom is 0.257 e. The number of carbonyl (C=O) groups is 1. The van der Waals surface area contributed by atoms with Crippen molar-refractivity contribution in [2.24, 2.45) is 0 Å². The van der Waals surface area contributed by atoms with E-state index in [9.17, 15) is 4.79 Å². The lowest BCUT2D eigenvalue weighted by molar-refractivity contribution is 0.0717. The van der Waals surface area contributed by atoms with Crippen LogP contribution in [0.2, 0.25) is 0 Å². The van der Waals surface area contributed by atoms with Gasteiger partial charge in [0, 0.05) is 61.9 Å². The van der Waals surface area contributed by atoms with Crippen molar-refractivity contribution < 1.29 is 9.53 Å². The van der Waals surface area contributed by atoms with Crippen molar-refractivity contribution >= 4 is 11.7 Å². The quantitative estimate of drug-likeness (QED) is 0.668. The number of rotatable bonds is 3. The van der Waals surface area contributed by atoms with Gasteiger partial charge in [-0.15, -0.1) is 0 Å². The minimum Gasteiger partial charge on any atom is -0.493 e. The number of piperazine rings is 1. The van der Waals surface area contributed by atoms with Gasteiger partial charge in [0.05, 0.1) is 12.2 Å². The Hall–Kier alpha value is -3.42. The summed E-state index contributed by atoms with van der Waals surface area (Å²) in [5.41, 5.74) is 1.79. The Labute approximate surface area is 174 Å². The molecule has 3 aromatic heterocycles. The summed E-state index contributed by atoms with van der Waals surface area (Å²) in [7, 11) is 0. The zero-order chi connectivity index (χ0) is 20.1. The van der Waals surface area contributed by atoms with Gasteiger partial charge in [-0.2, -0.15) is 5.10 Å². The van der Waals surface area contributed by atoms with Crippen molar-refractivity contribution in [3.8, 4) is 11.6 Å². The van der Waals surface area contributed by atoms with Crippen LogP contribution in [0, 0.1) is 0 Å². The number of carbonyl (C=O) groups excluding carboxylic acids is 1. The molecule has 0 N–H and O–H groups in total. The Morgan fingerprint density at radius 1 is 1.00 bits per heavy atom. The predicted molar refractivity (Wildman–Crippen MR) is 110 cm³/mol. The summed E-state index contributed by atoms with van der Waals surface area (Å²) in [5, 5.41) is 4.26. The average molecular weight is 402 g/mol. The molecule has 2 unspecified atom stereocenters. The van der Waals surface area contributed by atoms with E-state index in [0.29, 0.717) is 24.5 Å². The van der Waals surface area contributed by atoms with Gasteiger partial charge in [0.25, 0.3) is 5.91 Å². The topological polar surface area (TPSA) is 76.4 Å². The Morgan fingerprint density at radius 3 is 2.63 bits per heavy atom. The van der Waals surface area contributed by atoms with Crippen LogP contribution in [0.15, 0.2) is 49.1 Å². The number of nitrogens with zero attached hydrogens (tertiary/aromatic N) is 6. The molecule has 0 aliphatic carbocycles. The summed E-state index contributed by atoms with van der Waals surface area (Å²) in [5.74, 6) is 2.59. The SMILES string of the molecule is O=C(c1cccnc1-n1cccn1)N1CC2CCC(C1)N2c1nccc2c1CCO2. The molecule has 6 heterocycles. The normalized spacial score (nSPS) is 22.1. The number of aromatic nitrogens is 4. The number of pyridine rings is 2. The largest absolute Gasteiger partial charge is 0.493 e. The van der Waals surface area contributed by atoms with Crippen molar-refractivity contribution in [3.05, 3.63) is 60.2 Å². The molecule has 8 nitrogen and oxygen atoms in total. The van der Waals surface area contributed by atoms with E-state index in [1.807, 2.05) is 41.6 Å². The lowest BCUT2D eigenvalue weighted by Crippen LogP contribution is -2.56. The molecule has 1 amide bonds. The van der Waals surface area contributed by atoms with Crippen LogP contribution in [0.1, 0.15) is 28.8 Å². The molecule has 6 rings (SSSR count). The van der Waals surface area contributed by atoms with Gasteiger partial charge in [0.2, 0.25) is 0 Å². The molecule has 2 atom stereocenters. The molecule has 8 heteroatoms. The molecule has 3 aliphatic heterocycles. The molecule has 2 saturated heterocycles. The maximum atomic E-state index is 13.5. The molecule has 30 heavy (non-hydrogen) atoms. The smallest absolute Gasteiger partial charge is 0.257 e. The number of hydrogen-bond donors (Lipinski definition) is 0. The van der Waals surface area contributed by atoms with Gasteiger partial charge < -0.3 is 14.5 Å². The fourth-order valence-corrected chi connectivity index (χ4v) is 5.05. The van der Waals surface area contributed by atoms with Gasteiger partial charge >= 0.3 is 0 Å². The molecule has 3 aliphatic rings. The van der Waals surface area contributed by atoms with Crippen LogP contribution in [-0.2, 0) is 6.42 Å². The first-order chi connectivity index (χ1) is 14.8. The van der Waals surface area contributed by atoms with E-state index in [1.54, 1.807) is 17.1 Å². The van der Waals surface area contributed by atoms with E-state index < -0.39 is 0 Å². The van der Waals surface area contributed by atoms with Crippen molar-refractivity contribution in [2.75, 3.05) is 24.6 Å². The molecule has 0 radical (unpaired) electrons. The number of anilines is 1. The lowest BCUT2D eigenvalue weighted by Gasteiger charge is -2.42. The van der Waals surface area contributed by atoms with Crippen molar-refractivity contribution in [1.82, 2.24) is 24.6 Å². The highest BCUT2D eigenvalue weighted by atomic mass is 16.5. The average Bonchev–Trinajstić information content (AvgIpc) is 3.52. The number of amides is 1. The second kappa shape index (κ2) is 6.83. The molecule has 3 aromatic rings. The Morgan fingerprint density at radius 2 is 1.83 bits per heavy atom. The molecule has 2 bridgehead atoms. The molecular weight excluding hydrogens is 380 g/mol. The van der Waals surface area contributed by atoms with Crippen LogP contribution in [-0.4, -0.2) is 62.3 Å². The Balaban J connectivity index is 1.29. The van der Waals surface area contributed by atoms with Gasteiger partial charge in [-0.05, 0) is 37.1 Å². The van der Waals surface area contributed by atoms with E-state index in [1.165, 1.54) is 5.56 Å². The van der Waals surface area contributed by atoms with Gasteiger partial charge in [-0.25, -0.2) is 14.6 Å². The highest BCUT2D eigenvalue weighted by Gasteiger charge is 2.43. The van der Waals surface area contributed by atoms with Crippen LogP contribution in [0.4, 0.5) is 5.82 Å². The summed E-state index contributed by atoms with van der Waals surface area (Å²) in [6, 6.07) is 7.98. The van der Waals surface area contributed by atoms with E-state index in [2.05, 4.69) is 15.0 Å². The van der Waals surface area contributed by atoms with E-state index in [0.717, 1.165) is 37.4 Å². The summed E-state index contributed by atoms with van der Waals surface area (Å²) in [6.07, 6.45) is 10.1. The predicted octanol–water partition coefficient (Wildman–Crippen LogP) is 2.09. The highest BCUT2D eigenvalue weighted by Crippen LogP contribution is 2.40. The number of ether oxygens (including phenoxy) is 1. The first-order valence-corrected chi connectivity index (χ1v) is 10.4. The second-order valence-corrected chi connectivity index (χ2v) is 8.04. The minimum atomic E-state index is 0.0136. The maximum absolute atomic E-state index is 13.5. The second-order valence-electron chi connectivity index (χ2n) is 8.04. The molecule has 0 spiro atoms.